The first-order chi connectivity index (χ1) is 13.2. The molecule has 0 spiro atoms. The highest BCUT2D eigenvalue weighted by molar-refractivity contribution is 5.94. The fourth-order valence-corrected chi connectivity index (χ4v) is 2.75. The summed E-state index contributed by atoms with van der Waals surface area (Å²) in [5.74, 6) is 2.28. The Labute approximate surface area is 161 Å². The van der Waals surface area contributed by atoms with E-state index in [0.717, 1.165) is 37.4 Å². The van der Waals surface area contributed by atoms with Crippen molar-refractivity contribution in [2.45, 2.75) is 26.7 Å². The van der Waals surface area contributed by atoms with E-state index in [1.54, 1.807) is 13.2 Å². The molecule has 2 aromatic rings. The van der Waals surface area contributed by atoms with Gasteiger partial charge in [0.05, 0.1) is 7.11 Å². The fourth-order valence-electron chi connectivity index (χ4n) is 2.75. The Hall–Kier alpha value is -2.69. The van der Waals surface area contributed by atoms with Crippen molar-refractivity contribution in [3.8, 4) is 17.2 Å². The van der Waals surface area contributed by atoms with Crippen LogP contribution < -0.4 is 14.2 Å². The van der Waals surface area contributed by atoms with E-state index in [-0.39, 0.29) is 5.91 Å². The molecular formula is C22H29NO4. The molecule has 0 bridgehead atoms. The van der Waals surface area contributed by atoms with E-state index in [2.05, 4.69) is 13.8 Å². The highest BCUT2D eigenvalue weighted by Crippen LogP contribution is 2.18. The molecule has 0 atom stereocenters. The molecule has 0 N–H and O–H groups in total. The van der Waals surface area contributed by atoms with Crippen LogP contribution in [0.1, 0.15) is 37.0 Å². The van der Waals surface area contributed by atoms with Gasteiger partial charge in [0.25, 0.3) is 5.91 Å². The molecule has 5 nitrogen and oxygen atoms in total. The van der Waals surface area contributed by atoms with Gasteiger partial charge in [-0.1, -0.05) is 19.9 Å². The summed E-state index contributed by atoms with van der Waals surface area (Å²) in [6.45, 7) is 6.52. The summed E-state index contributed by atoms with van der Waals surface area (Å²) >= 11 is 0. The summed E-state index contributed by atoms with van der Waals surface area (Å²) in [6, 6.07) is 14.8. The van der Waals surface area contributed by atoms with Crippen LogP contribution in [-0.2, 0) is 0 Å². The predicted octanol–water partition coefficient (Wildman–Crippen LogP) is 4.42. The molecule has 0 aromatic heterocycles. The van der Waals surface area contributed by atoms with Crippen LogP contribution in [0.15, 0.2) is 48.5 Å². The fraction of sp³-hybridized carbons (Fsp3) is 0.409. The number of rotatable bonds is 11. The van der Waals surface area contributed by atoms with Crippen LogP contribution in [0.4, 0.5) is 0 Å². The Kier molecular flexibility index (Phi) is 8.49. The summed E-state index contributed by atoms with van der Waals surface area (Å²) in [6.07, 6.45) is 1.90. The minimum atomic E-state index is 0.0543. The van der Waals surface area contributed by atoms with E-state index in [4.69, 9.17) is 14.2 Å². The highest BCUT2D eigenvalue weighted by Gasteiger charge is 2.14. The molecule has 1 amide bonds. The third-order valence-corrected chi connectivity index (χ3v) is 4.04. The van der Waals surface area contributed by atoms with E-state index in [0.29, 0.717) is 24.5 Å². The van der Waals surface area contributed by atoms with Crippen LogP contribution in [0.3, 0.4) is 0 Å². The lowest BCUT2D eigenvalue weighted by atomic mass is 10.1. The summed E-state index contributed by atoms with van der Waals surface area (Å²) in [7, 11) is 1.63. The van der Waals surface area contributed by atoms with Gasteiger partial charge in [-0.15, -0.1) is 0 Å². The van der Waals surface area contributed by atoms with Gasteiger partial charge in [-0.25, -0.2) is 0 Å². The van der Waals surface area contributed by atoms with Gasteiger partial charge >= 0.3 is 0 Å². The zero-order valence-corrected chi connectivity index (χ0v) is 16.4. The molecule has 0 saturated carbocycles. The number of amides is 1. The first-order valence-electron chi connectivity index (χ1n) is 9.47. The van der Waals surface area contributed by atoms with Crippen molar-refractivity contribution in [3.63, 3.8) is 0 Å². The van der Waals surface area contributed by atoms with Gasteiger partial charge in [-0.3, -0.25) is 4.79 Å². The van der Waals surface area contributed by atoms with Gasteiger partial charge in [0.1, 0.15) is 30.5 Å². The van der Waals surface area contributed by atoms with Crippen molar-refractivity contribution in [1.29, 1.82) is 0 Å². The van der Waals surface area contributed by atoms with Crippen LogP contribution >= 0.6 is 0 Å². The van der Waals surface area contributed by atoms with Crippen LogP contribution in [0.5, 0.6) is 17.2 Å². The second-order valence-corrected chi connectivity index (χ2v) is 6.19. The van der Waals surface area contributed by atoms with E-state index in [1.807, 2.05) is 47.4 Å². The molecule has 0 fully saturated rings. The topological polar surface area (TPSA) is 48.0 Å². The van der Waals surface area contributed by atoms with Crippen molar-refractivity contribution >= 4 is 5.91 Å². The third kappa shape index (κ3) is 6.51. The first-order valence-corrected chi connectivity index (χ1v) is 9.47. The third-order valence-electron chi connectivity index (χ3n) is 4.04. The molecule has 146 valence electrons. The lowest BCUT2D eigenvalue weighted by Gasteiger charge is -2.21. The van der Waals surface area contributed by atoms with Gasteiger partial charge in [0, 0.05) is 18.7 Å². The molecule has 5 heteroatoms. The maximum atomic E-state index is 12.7. The summed E-state index contributed by atoms with van der Waals surface area (Å²) in [4.78, 5) is 14.6. The van der Waals surface area contributed by atoms with Crippen LogP contribution in [-0.4, -0.2) is 44.2 Å². The molecular weight excluding hydrogens is 342 g/mol. The minimum absolute atomic E-state index is 0.0543. The average molecular weight is 371 g/mol. The predicted molar refractivity (Wildman–Crippen MR) is 107 cm³/mol. The van der Waals surface area contributed by atoms with Crippen molar-refractivity contribution in [1.82, 2.24) is 4.90 Å². The van der Waals surface area contributed by atoms with Crippen molar-refractivity contribution < 1.29 is 19.0 Å². The zero-order valence-electron chi connectivity index (χ0n) is 16.4. The van der Waals surface area contributed by atoms with Crippen molar-refractivity contribution in [3.05, 3.63) is 54.1 Å². The lowest BCUT2D eigenvalue weighted by molar-refractivity contribution is 0.0755. The molecule has 2 aromatic carbocycles. The average Bonchev–Trinajstić information content (AvgIpc) is 2.71. The molecule has 0 saturated heterocycles. The Bertz CT molecular complexity index is 694. The normalized spacial score (nSPS) is 10.3. The first kappa shape index (κ1) is 20.6. The Balaban J connectivity index is 1.86. The Morgan fingerprint density at radius 1 is 0.852 bits per heavy atom. The molecule has 0 aliphatic carbocycles. The molecule has 0 unspecified atom stereocenters. The number of nitrogens with zero attached hydrogens (tertiary/aromatic N) is 1. The highest BCUT2D eigenvalue weighted by atomic mass is 16.5. The second-order valence-electron chi connectivity index (χ2n) is 6.19. The molecule has 0 radical (unpaired) electrons. The SMILES string of the molecule is CCCN(CCC)C(=O)c1cccc(OCCOc2ccc(OC)cc2)c1. The quantitative estimate of drug-likeness (QED) is 0.549. The molecule has 2 rings (SSSR count). The van der Waals surface area contributed by atoms with Crippen LogP contribution in [0, 0.1) is 0 Å². The van der Waals surface area contributed by atoms with Gasteiger partial charge < -0.3 is 19.1 Å². The Morgan fingerprint density at radius 2 is 1.44 bits per heavy atom. The summed E-state index contributed by atoms with van der Waals surface area (Å²) in [5, 5.41) is 0. The smallest absolute Gasteiger partial charge is 0.253 e. The zero-order chi connectivity index (χ0) is 19.5. The maximum absolute atomic E-state index is 12.7. The summed E-state index contributed by atoms with van der Waals surface area (Å²) in [5.41, 5.74) is 0.658. The standard InChI is InChI=1S/C22H29NO4/c1-4-13-23(14-5-2)22(24)18-7-6-8-21(17-18)27-16-15-26-20-11-9-19(25-3)10-12-20/h6-12,17H,4-5,13-16H2,1-3H3. The number of hydrogen-bond donors (Lipinski definition) is 0. The second kappa shape index (κ2) is 11.1. The van der Waals surface area contributed by atoms with Crippen LogP contribution in [0.2, 0.25) is 0 Å². The van der Waals surface area contributed by atoms with E-state index < -0.39 is 0 Å². The van der Waals surface area contributed by atoms with Crippen LogP contribution in [0.25, 0.3) is 0 Å². The van der Waals surface area contributed by atoms with E-state index >= 15 is 0 Å². The van der Waals surface area contributed by atoms with Crippen molar-refractivity contribution in [2.24, 2.45) is 0 Å². The number of carbonyl (C=O) groups excluding carboxylic acids is 1. The molecule has 27 heavy (non-hydrogen) atoms. The van der Waals surface area contributed by atoms with Gasteiger partial charge in [0.2, 0.25) is 0 Å². The lowest BCUT2D eigenvalue weighted by Crippen LogP contribution is -2.32. The number of hydrogen-bond acceptors (Lipinski definition) is 4. The minimum Gasteiger partial charge on any atom is -0.497 e. The number of ether oxygens (including phenoxy) is 3. The number of benzene rings is 2. The van der Waals surface area contributed by atoms with Gasteiger partial charge in [-0.05, 0) is 55.3 Å². The maximum Gasteiger partial charge on any atom is 0.253 e. The van der Waals surface area contributed by atoms with E-state index in [9.17, 15) is 4.79 Å². The summed E-state index contributed by atoms with van der Waals surface area (Å²) < 4.78 is 16.5. The van der Waals surface area contributed by atoms with Gasteiger partial charge in [0.15, 0.2) is 0 Å². The number of carbonyl (C=O) groups is 1. The monoisotopic (exact) mass is 371 g/mol. The molecule has 0 aliphatic rings. The van der Waals surface area contributed by atoms with Gasteiger partial charge in [-0.2, -0.15) is 0 Å². The number of methoxy groups -OCH3 is 1. The molecule has 0 heterocycles. The Morgan fingerprint density at radius 3 is 2.04 bits per heavy atom. The largest absolute Gasteiger partial charge is 0.497 e. The van der Waals surface area contributed by atoms with Crippen molar-refractivity contribution in [2.75, 3.05) is 33.4 Å². The molecule has 0 aliphatic heterocycles. The van der Waals surface area contributed by atoms with E-state index in [1.165, 1.54) is 0 Å².